The maximum absolute atomic E-state index is 5.91. The Hall–Kier alpha value is -0.400. The van der Waals surface area contributed by atoms with Crippen molar-refractivity contribution >= 4 is 45.2 Å². The molecule has 0 aliphatic heterocycles. The van der Waals surface area contributed by atoms with Crippen LogP contribution in [0.4, 0.5) is 0 Å². The summed E-state index contributed by atoms with van der Waals surface area (Å²) in [7, 11) is 1.69. The molecule has 0 saturated carbocycles. The van der Waals surface area contributed by atoms with Gasteiger partial charge in [-0.2, -0.15) is 4.98 Å². The standard InChI is InChI=1S/C11H13ClIN3O/c1-11(2,6-17-3)16-5-4-7-8(13)14-10(12)15-9(7)16/h4-5H,6H2,1-3H3. The van der Waals surface area contributed by atoms with Gasteiger partial charge in [0.15, 0.2) is 0 Å². The first-order valence-electron chi connectivity index (χ1n) is 5.15. The second-order valence-corrected chi connectivity index (χ2v) is 5.81. The van der Waals surface area contributed by atoms with E-state index in [4.69, 9.17) is 16.3 Å². The summed E-state index contributed by atoms with van der Waals surface area (Å²) < 4.78 is 8.18. The average molecular weight is 366 g/mol. The van der Waals surface area contributed by atoms with Gasteiger partial charge in [-0.05, 0) is 54.1 Å². The number of methoxy groups -OCH3 is 1. The fraction of sp³-hybridized carbons (Fsp3) is 0.455. The lowest BCUT2D eigenvalue weighted by Crippen LogP contribution is -2.31. The molecule has 0 fully saturated rings. The van der Waals surface area contributed by atoms with Crippen molar-refractivity contribution in [1.82, 2.24) is 14.5 Å². The number of rotatable bonds is 3. The third-order valence-corrected chi connectivity index (χ3v) is 3.61. The summed E-state index contributed by atoms with van der Waals surface area (Å²) in [5.74, 6) is 0. The van der Waals surface area contributed by atoms with Gasteiger partial charge >= 0.3 is 0 Å². The van der Waals surface area contributed by atoms with E-state index in [0.717, 1.165) is 14.7 Å². The molecule has 92 valence electrons. The number of aromatic nitrogens is 3. The van der Waals surface area contributed by atoms with Crippen molar-refractivity contribution in [3.63, 3.8) is 0 Å². The lowest BCUT2D eigenvalue weighted by atomic mass is 10.1. The summed E-state index contributed by atoms with van der Waals surface area (Å²) >= 11 is 8.07. The molecule has 0 N–H and O–H groups in total. The first-order valence-corrected chi connectivity index (χ1v) is 6.61. The quantitative estimate of drug-likeness (QED) is 0.477. The Kier molecular flexibility index (Phi) is 3.61. The molecule has 0 amide bonds. The van der Waals surface area contributed by atoms with Crippen molar-refractivity contribution in [2.45, 2.75) is 19.4 Å². The van der Waals surface area contributed by atoms with Crippen molar-refractivity contribution in [3.05, 3.63) is 21.2 Å². The number of halogens is 2. The van der Waals surface area contributed by atoms with E-state index in [1.165, 1.54) is 0 Å². The van der Waals surface area contributed by atoms with E-state index in [1.807, 2.05) is 12.3 Å². The fourth-order valence-electron chi connectivity index (χ4n) is 1.86. The number of hydrogen-bond donors (Lipinski definition) is 0. The molecule has 0 aliphatic rings. The van der Waals surface area contributed by atoms with Crippen molar-refractivity contribution in [2.75, 3.05) is 13.7 Å². The Balaban J connectivity index is 2.63. The zero-order chi connectivity index (χ0) is 12.6. The van der Waals surface area contributed by atoms with Crippen LogP contribution in [0.25, 0.3) is 11.0 Å². The Morgan fingerprint density at radius 3 is 2.82 bits per heavy atom. The minimum Gasteiger partial charge on any atom is -0.382 e. The minimum atomic E-state index is -0.169. The molecule has 2 heterocycles. The van der Waals surface area contributed by atoms with E-state index < -0.39 is 0 Å². The summed E-state index contributed by atoms with van der Waals surface area (Å²) in [5, 5.41) is 1.29. The highest BCUT2D eigenvalue weighted by Crippen LogP contribution is 2.26. The third-order valence-electron chi connectivity index (χ3n) is 2.62. The van der Waals surface area contributed by atoms with E-state index in [1.54, 1.807) is 7.11 Å². The Morgan fingerprint density at radius 1 is 1.47 bits per heavy atom. The Labute approximate surface area is 118 Å². The summed E-state index contributed by atoms with van der Waals surface area (Å²) in [6.45, 7) is 4.80. The maximum Gasteiger partial charge on any atom is 0.225 e. The smallest absolute Gasteiger partial charge is 0.225 e. The van der Waals surface area contributed by atoms with E-state index in [-0.39, 0.29) is 10.8 Å². The zero-order valence-corrected chi connectivity index (χ0v) is 12.8. The molecule has 0 aliphatic carbocycles. The van der Waals surface area contributed by atoms with Gasteiger partial charge in [-0.1, -0.05) is 0 Å². The average Bonchev–Trinajstić information content (AvgIpc) is 2.61. The lowest BCUT2D eigenvalue weighted by molar-refractivity contribution is 0.112. The molecule has 17 heavy (non-hydrogen) atoms. The molecular weight excluding hydrogens is 352 g/mol. The van der Waals surface area contributed by atoms with Gasteiger partial charge in [0.05, 0.1) is 17.5 Å². The second-order valence-electron chi connectivity index (χ2n) is 4.45. The first kappa shape index (κ1) is 13.0. The van der Waals surface area contributed by atoms with Crippen LogP contribution >= 0.6 is 34.2 Å². The van der Waals surface area contributed by atoms with Gasteiger partial charge in [-0.15, -0.1) is 0 Å². The minimum absolute atomic E-state index is 0.169. The maximum atomic E-state index is 5.91. The van der Waals surface area contributed by atoms with Crippen LogP contribution in [0.3, 0.4) is 0 Å². The SMILES string of the molecule is COCC(C)(C)n1ccc2c(I)nc(Cl)nc21. The second kappa shape index (κ2) is 4.70. The normalized spacial score (nSPS) is 12.3. The van der Waals surface area contributed by atoms with E-state index in [0.29, 0.717) is 6.61 Å². The molecule has 0 radical (unpaired) electrons. The van der Waals surface area contributed by atoms with Crippen LogP contribution in [-0.4, -0.2) is 28.3 Å². The monoisotopic (exact) mass is 365 g/mol. The number of nitrogens with zero attached hydrogens (tertiary/aromatic N) is 3. The summed E-state index contributed by atoms with van der Waals surface area (Å²) in [6, 6.07) is 2.00. The predicted molar refractivity (Wildman–Crippen MR) is 76.5 cm³/mol. The highest BCUT2D eigenvalue weighted by Gasteiger charge is 2.23. The van der Waals surface area contributed by atoms with Gasteiger partial charge in [-0.25, -0.2) is 4.98 Å². The Morgan fingerprint density at radius 2 is 2.18 bits per heavy atom. The zero-order valence-electron chi connectivity index (χ0n) is 9.87. The summed E-state index contributed by atoms with van der Waals surface area (Å²) in [5.41, 5.74) is 0.675. The van der Waals surface area contributed by atoms with Crippen LogP contribution in [0.1, 0.15) is 13.8 Å². The molecular formula is C11H13ClIN3O. The van der Waals surface area contributed by atoms with Crippen molar-refractivity contribution in [2.24, 2.45) is 0 Å². The molecule has 0 bridgehead atoms. The van der Waals surface area contributed by atoms with Gasteiger partial charge in [0.1, 0.15) is 9.35 Å². The van der Waals surface area contributed by atoms with E-state index in [9.17, 15) is 0 Å². The van der Waals surface area contributed by atoms with Gasteiger partial charge in [0.2, 0.25) is 5.28 Å². The Bertz CT molecular complexity index is 553. The van der Waals surface area contributed by atoms with Crippen molar-refractivity contribution < 1.29 is 4.74 Å². The van der Waals surface area contributed by atoms with Gasteiger partial charge < -0.3 is 9.30 Å². The predicted octanol–water partition coefficient (Wildman–Crippen LogP) is 3.07. The molecule has 2 aromatic heterocycles. The van der Waals surface area contributed by atoms with Gasteiger partial charge in [0.25, 0.3) is 0 Å². The molecule has 0 atom stereocenters. The number of ether oxygens (including phenoxy) is 1. The molecule has 2 rings (SSSR count). The van der Waals surface area contributed by atoms with Crippen molar-refractivity contribution in [3.8, 4) is 0 Å². The number of fused-ring (bicyclic) bond motifs is 1. The van der Waals surface area contributed by atoms with E-state index >= 15 is 0 Å². The molecule has 0 aromatic carbocycles. The summed E-state index contributed by atoms with van der Waals surface area (Å²) in [4.78, 5) is 8.44. The molecule has 4 nitrogen and oxygen atoms in total. The van der Waals surface area contributed by atoms with Gasteiger partial charge in [0, 0.05) is 13.3 Å². The van der Waals surface area contributed by atoms with Crippen molar-refractivity contribution in [1.29, 1.82) is 0 Å². The summed E-state index contributed by atoms with van der Waals surface area (Å²) in [6.07, 6.45) is 2.00. The molecule has 0 unspecified atom stereocenters. The fourth-order valence-corrected chi connectivity index (χ4v) is 2.82. The molecule has 0 spiro atoms. The lowest BCUT2D eigenvalue weighted by Gasteiger charge is -2.26. The van der Waals surface area contributed by atoms with E-state index in [2.05, 4.69) is 51.0 Å². The van der Waals surface area contributed by atoms with Crippen LogP contribution in [-0.2, 0) is 10.3 Å². The largest absolute Gasteiger partial charge is 0.382 e. The third kappa shape index (κ3) is 2.41. The molecule has 2 aromatic rings. The topological polar surface area (TPSA) is 39.9 Å². The highest BCUT2D eigenvalue weighted by molar-refractivity contribution is 14.1. The number of hydrogen-bond acceptors (Lipinski definition) is 3. The van der Waals surface area contributed by atoms with Gasteiger partial charge in [-0.3, -0.25) is 0 Å². The van der Waals surface area contributed by atoms with Crippen LogP contribution in [0.5, 0.6) is 0 Å². The molecule has 0 saturated heterocycles. The highest BCUT2D eigenvalue weighted by atomic mass is 127. The van der Waals surface area contributed by atoms with Crippen LogP contribution in [0, 0.1) is 3.70 Å². The first-order chi connectivity index (χ1) is 7.95. The van der Waals surface area contributed by atoms with Crippen LogP contribution in [0.15, 0.2) is 12.3 Å². The van der Waals surface area contributed by atoms with Crippen LogP contribution < -0.4 is 0 Å². The molecule has 6 heteroatoms. The van der Waals surface area contributed by atoms with Crippen LogP contribution in [0.2, 0.25) is 5.28 Å².